The highest BCUT2D eigenvalue weighted by Gasteiger charge is 2.40. The Morgan fingerprint density at radius 3 is 2.21 bits per heavy atom. The summed E-state index contributed by atoms with van der Waals surface area (Å²) in [5, 5.41) is 0. The predicted molar refractivity (Wildman–Crippen MR) is 57.1 cm³/mol. The maximum absolute atomic E-state index is 6.00. The fourth-order valence-electron chi connectivity index (χ4n) is 3.56. The van der Waals surface area contributed by atoms with Gasteiger partial charge in [0.1, 0.15) is 0 Å². The molecule has 80 valence electrons. The molecule has 3 saturated carbocycles. The van der Waals surface area contributed by atoms with Crippen LogP contribution in [-0.2, 0) is 4.74 Å². The minimum absolute atomic E-state index is 0.637. The van der Waals surface area contributed by atoms with Gasteiger partial charge < -0.3 is 4.74 Å². The Hall–Kier alpha value is -0.0400. The van der Waals surface area contributed by atoms with Gasteiger partial charge in [0.25, 0.3) is 0 Å². The van der Waals surface area contributed by atoms with Gasteiger partial charge in [-0.25, -0.2) is 0 Å². The average molecular weight is 194 g/mol. The molecule has 2 unspecified atom stereocenters. The van der Waals surface area contributed by atoms with Crippen molar-refractivity contribution in [1.82, 2.24) is 0 Å². The number of hydrogen-bond acceptors (Lipinski definition) is 1. The van der Waals surface area contributed by atoms with E-state index in [4.69, 9.17) is 4.74 Å². The number of ether oxygens (including phenoxy) is 1. The molecule has 4 atom stereocenters. The highest BCUT2D eigenvalue weighted by atomic mass is 16.5. The average Bonchev–Trinajstić information content (AvgIpc) is 2.80. The molecule has 0 heterocycles. The van der Waals surface area contributed by atoms with Crippen molar-refractivity contribution < 1.29 is 4.74 Å². The van der Waals surface area contributed by atoms with Crippen LogP contribution in [0.3, 0.4) is 0 Å². The Kier molecular flexibility index (Phi) is 2.31. The lowest BCUT2D eigenvalue weighted by Gasteiger charge is -2.13. The van der Waals surface area contributed by atoms with E-state index in [1.54, 1.807) is 0 Å². The first-order valence-electron chi connectivity index (χ1n) is 6.43. The highest BCUT2D eigenvalue weighted by Crippen LogP contribution is 2.47. The van der Waals surface area contributed by atoms with Crippen LogP contribution >= 0.6 is 0 Å². The lowest BCUT2D eigenvalue weighted by atomic mass is 10.0. The second-order valence-electron chi connectivity index (χ2n) is 5.97. The van der Waals surface area contributed by atoms with Gasteiger partial charge in [0.05, 0.1) is 6.10 Å². The molecule has 0 saturated heterocycles. The SMILES string of the molecule is CC1C[C@@H]2CC(OCC3CC3)C[C@@H]2C1. The maximum atomic E-state index is 6.00. The summed E-state index contributed by atoms with van der Waals surface area (Å²) < 4.78 is 6.00. The largest absolute Gasteiger partial charge is 0.378 e. The van der Waals surface area contributed by atoms with Crippen molar-refractivity contribution in [3.05, 3.63) is 0 Å². The molecule has 0 N–H and O–H groups in total. The third kappa shape index (κ3) is 1.84. The van der Waals surface area contributed by atoms with Crippen LogP contribution in [-0.4, -0.2) is 12.7 Å². The Labute approximate surface area is 87.2 Å². The Balaban J connectivity index is 1.46. The summed E-state index contributed by atoms with van der Waals surface area (Å²) in [7, 11) is 0. The van der Waals surface area contributed by atoms with Crippen molar-refractivity contribution in [3.8, 4) is 0 Å². The van der Waals surface area contributed by atoms with Gasteiger partial charge in [0.2, 0.25) is 0 Å². The van der Waals surface area contributed by atoms with Gasteiger partial charge in [-0.15, -0.1) is 0 Å². The van der Waals surface area contributed by atoms with Crippen molar-refractivity contribution in [1.29, 1.82) is 0 Å². The second kappa shape index (κ2) is 3.52. The first-order valence-corrected chi connectivity index (χ1v) is 6.43. The molecule has 0 aromatic carbocycles. The highest BCUT2D eigenvalue weighted by molar-refractivity contribution is 4.91. The van der Waals surface area contributed by atoms with Gasteiger partial charge in [-0.05, 0) is 62.2 Å². The van der Waals surface area contributed by atoms with Crippen molar-refractivity contribution in [2.24, 2.45) is 23.7 Å². The van der Waals surface area contributed by atoms with Gasteiger partial charge in [-0.1, -0.05) is 6.92 Å². The van der Waals surface area contributed by atoms with E-state index in [1.165, 1.54) is 38.5 Å². The molecule has 0 aliphatic heterocycles. The molecule has 0 bridgehead atoms. The van der Waals surface area contributed by atoms with Crippen LogP contribution in [0.1, 0.15) is 45.4 Å². The van der Waals surface area contributed by atoms with Gasteiger partial charge in [0.15, 0.2) is 0 Å². The standard InChI is InChI=1S/C13H22O/c1-9-4-11-6-13(7-12(11)5-9)14-8-10-2-3-10/h9-13H,2-8H2,1H3/t9?,11-,12+,13?. The summed E-state index contributed by atoms with van der Waals surface area (Å²) in [6, 6.07) is 0. The van der Waals surface area contributed by atoms with Gasteiger partial charge in [-0.2, -0.15) is 0 Å². The molecule has 0 spiro atoms. The summed E-state index contributed by atoms with van der Waals surface area (Å²) in [6.07, 6.45) is 9.21. The smallest absolute Gasteiger partial charge is 0.0580 e. The zero-order chi connectivity index (χ0) is 9.54. The number of fused-ring (bicyclic) bond motifs is 1. The van der Waals surface area contributed by atoms with Crippen LogP contribution in [0.25, 0.3) is 0 Å². The summed E-state index contributed by atoms with van der Waals surface area (Å²) in [5.41, 5.74) is 0. The van der Waals surface area contributed by atoms with Crippen LogP contribution in [0.15, 0.2) is 0 Å². The third-order valence-corrected chi connectivity index (χ3v) is 4.47. The van der Waals surface area contributed by atoms with Gasteiger partial charge in [-0.3, -0.25) is 0 Å². The molecule has 0 aromatic heterocycles. The van der Waals surface area contributed by atoms with Gasteiger partial charge in [0, 0.05) is 6.61 Å². The minimum Gasteiger partial charge on any atom is -0.378 e. The molecule has 0 aromatic rings. The zero-order valence-electron chi connectivity index (χ0n) is 9.24. The first-order chi connectivity index (χ1) is 6.81. The Bertz CT molecular complexity index is 195. The summed E-state index contributed by atoms with van der Waals surface area (Å²) in [6.45, 7) is 3.48. The Morgan fingerprint density at radius 2 is 1.64 bits per heavy atom. The monoisotopic (exact) mass is 194 g/mol. The van der Waals surface area contributed by atoms with Gasteiger partial charge >= 0.3 is 0 Å². The Morgan fingerprint density at radius 1 is 1.00 bits per heavy atom. The van der Waals surface area contributed by atoms with Crippen LogP contribution in [0.2, 0.25) is 0 Å². The quantitative estimate of drug-likeness (QED) is 0.670. The lowest BCUT2D eigenvalue weighted by molar-refractivity contribution is 0.0444. The van der Waals surface area contributed by atoms with E-state index >= 15 is 0 Å². The molecule has 3 aliphatic rings. The van der Waals surface area contributed by atoms with Crippen molar-refractivity contribution in [2.75, 3.05) is 6.61 Å². The summed E-state index contributed by atoms with van der Waals surface area (Å²) in [5.74, 6) is 3.98. The summed E-state index contributed by atoms with van der Waals surface area (Å²) >= 11 is 0. The predicted octanol–water partition coefficient (Wildman–Crippen LogP) is 3.24. The number of rotatable bonds is 3. The molecule has 0 radical (unpaired) electrons. The van der Waals surface area contributed by atoms with Crippen LogP contribution in [0, 0.1) is 23.7 Å². The van der Waals surface area contributed by atoms with E-state index in [1.807, 2.05) is 0 Å². The molecular formula is C13H22O. The topological polar surface area (TPSA) is 9.23 Å². The minimum atomic E-state index is 0.637. The molecule has 3 rings (SSSR count). The van der Waals surface area contributed by atoms with E-state index in [2.05, 4.69) is 6.92 Å². The molecule has 0 amide bonds. The fourth-order valence-corrected chi connectivity index (χ4v) is 3.56. The maximum Gasteiger partial charge on any atom is 0.0580 e. The zero-order valence-corrected chi connectivity index (χ0v) is 9.24. The summed E-state index contributed by atoms with van der Waals surface area (Å²) in [4.78, 5) is 0. The van der Waals surface area contributed by atoms with E-state index in [-0.39, 0.29) is 0 Å². The normalized spacial score (nSPS) is 46.9. The molecule has 1 heteroatoms. The van der Waals surface area contributed by atoms with Crippen molar-refractivity contribution in [3.63, 3.8) is 0 Å². The number of hydrogen-bond donors (Lipinski definition) is 0. The molecule has 3 fully saturated rings. The van der Waals surface area contributed by atoms with E-state index in [0.29, 0.717) is 6.10 Å². The van der Waals surface area contributed by atoms with E-state index < -0.39 is 0 Å². The first kappa shape index (κ1) is 9.21. The van der Waals surface area contributed by atoms with Crippen molar-refractivity contribution >= 4 is 0 Å². The lowest BCUT2D eigenvalue weighted by Crippen LogP contribution is -2.12. The second-order valence-corrected chi connectivity index (χ2v) is 5.97. The van der Waals surface area contributed by atoms with E-state index in [0.717, 1.165) is 30.3 Å². The fraction of sp³-hybridized carbons (Fsp3) is 1.00. The van der Waals surface area contributed by atoms with Crippen LogP contribution in [0.5, 0.6) is 0 Å². The molecular weight excluding hydrogens is 172 g/mol. The molecule has 14 heavy (non-hydrogen) atoms. The van der Waals surface area contributed by atoms with Crippen LogP contribution < -0.4 is 0 Å². The molecule has 3 aliphatic carbocycles. The van der Waals surface area contributed by atoms with Crippen molar-refractivity contribution in [2.45, 2.75) is 51.6 Å². The van der Waals surface area contributed by atoms with E-state index in [9.17, 15) is 0 Å². The third-order valence-electron chi connectivity index (χ3n) is 4.47. The molecule has 1 nitrogen and oxygen atoms in total. The van der Waals surface area contributed by atoms with Crippen LogP contribution in [0.4, 0.5) is 0 Å².